The third-order valence-electron chi connectivity index (χ3n) is 4.58. The Morgan fingerprint density at radius 2 is 1.74 bits per heavy atom. The van der Waals surface area contributed by atoms with Crippen LogP contribution < -0.4 is 10.2 Å². The molecule has 1 aliphatic rings. The molecule has 0 aliphatic carbocycles. The van der Waals surface area contributed by atoms with Gasteiger partial charge in [-0.2, -0.15) is 0 Å². The summed E-state index contributed by atoms with van der Waals surface area (Å²) in [5.74, 6) is -0.633. The Bertz CT molecular complexity index is 834. The van der Waals surface area contributed by atoms with Gasteiger partial charge in [-0.25, -0.2) is 4.39 Å². The molecule has 5 nitrogen and oxygen atoms in total. The molecular weight excluding hydrogens is 413 g/mol. The van der Waals surface area contributed by atoms with Crippen LogP contribution in [0.1, 0.15) is 17.3 Å². The smallest absolute Gasteiger partial charge is 0.238 e. The van der Waals surface area contributed by atoms with Crippen LogP contribution in [0.2, 0.25) is 0 Å². The summed E-state index contributed by atoms with van der Waals surface area (Å²) in [5.41, 5.74) is 1.96. The third-order valence-corrected chi connectivity index (χ3v) is 5.08. The molecule has 0 aromatic heterocycles. The zero-order valence-corrected chi connectivity index (χ0v) is 16.6. The van der Waals surface area contributed by atoms with Crippen molar-refractivity contribution < 1.29 is 14.0 Å². The van der Waals surface area contributed by atoms with Gasteiger partial charge in [0, 0.05) is 41.9 Å². The van der Waals surface area contributed by atoms with E-state index in [-0.39, 0.29) is 23.9 Å². The number of rotatable bonds is 5. The molecule has 1 heterocycles. The molecular formula is C20H21BrFN3O2. The molecule has 0 unspecified atom stereocenters. The summed E-state index contributed by atoms with van der Waals surface area (Å²) < 4.78 is 14.5. The average Bonchev–Trinajstić information content (AvgIpc) is 2.65. The largest absolute Gasteiger partial charge is 0.369 e. The Morgan fingerprint density at radius 1 is 1.07 bits per heavy atom. The van der Waals surface area contributed by atoms with Crippen molar-refractivity contribution in [2.75, 3.05) is 42.9 Å². The predicted octanol–water partition coefficient (Wildman–Crippen LogP) is 3.55. The van der Waals surface area contributed by atoms with Gasteiger partial charge >= 0.3 is 0 Å². The number of amides is 1. The lowest BCUT2D eigenvalue weighted by atomic mass is 10.1. The minimum atomic E-state index is -0.462. The Labute approximate surface area is 166 Å². The van der Waals surface area contributed by atoms with Gasteiger partial charge in [-0.05, 0) is 49.4 Å². The van der Waals surface area contributed by atoms with Crippen molar-refractivity contribution in [1.82, 2.24) is 4.90 Å². The van der Waals surface area contributed by atoms with E-state index in [1.807, 2.05) is 29.2 Å². The molecule has 0 atom stereocenters. The fraction of sp³-hybridized carbons (Fsp3) is 0.300. The molecule has 0 bridgehead atoms. The van der Waals surface area contributed by atoms with Crippen LogP contribution in [0.4, 0.5) is 15.8 Å². The SMILES string of the molecule is CC(=O)c1ccc(N2CCN(CC(=O)Nc3ccc(Br)cc3F)CC2)cc1. The molecule has 27 heavy (non-hydrogen) atoms. The number of hydrogen-bond donors (Lipinski definition) is 1. The summed E-state index contributed by atoms with van der Waals surface area (Å²) in [5, 5.41) is 2.62. The van der Waals surface area contributed by atoms with Crippen LogP contribution in [-0.4, -0.2) is 49.3 Å². The van der Waals surface area contributed by atoms with E-state index in [0.717, 1.165) is 31.9 Å². The van der Waals surface area contributed by atoms with Gasteiger partial charge in [0.25, 0.3) is 0 Å². The molecule has 0 spiro atoms. The van der Waals surface area contributed by atoms with Gasteiger partial charge in [0.2, 0.25) is 5.91 Å². The summed E-state index contributed by atoms with van der Waals surface area (Å²) >= 11 is 3.20. The molecule has 142 valence electrons. The molecule has 1 amide bonds. The van der Waals surface area contributed by atoms with Gasteiger partial charge < -0.3 is 10.2 Å². The first kappa shape index (κ1) is 19.5. The fourth-order valence-corrected chi connectivity index (χ4v) is 3.39. The van der Waals surface area contributed by atoms with Gasteiger partial charge in [-0.1, -0.05) is 15.9 Å². The van der Waals surface area contributed by atoms with E-state index in [0.29, 0.717) is 10.0 Å². The first-order valence-electron chi connectivity index (χ1n) is 8.75. The summed E-state index contributed by atoms with van der Waals surface area (Å²) in [6.07, 6.45) is 0. The number of nitrogens with zero attached hydrogens (tertiary/aromatic N) is 2. The standard InChI is InChI=1S/C20H21BrFN3O2/c1-14(26)15-2-5-17(6-3-15)25-10-8-24(9-11-25)13-20(27)23-19-7-4-16(21)12-18(19)22/h2-7,12H,8-11,13H2,1H3,(H,23,27). The summed E-state index contributed by atoms with van der Waals surface area (Å²) in [4.78, 5) is 27.8. The molecule has 2 aromatic rings. The van der Waals surface area contributed by atoms with Crippen LogP contribution >= 0.6 is 15.9 Å². The number of benzene rings is 2. The molecule has 1 aliphatic heterocycles. The number of Topliss-reactive ketones (excluding diaryl/α,β-unsaturated/α-hetero) is 1. The van der Waals surface area contributed by atoms with E-state index < -0.39 is 5.82 Å². The number of carbonyl (C=O) groups is 2. The van der Waals surface area contributed by atoms with Gasteiger partial charge in [0.15, 0.2) is 5.78 Å². The second-order valence-electron chi connectivity index (χ2n) is 6.54. The fourth-order valence-electron chi connectivity index (χ4n) is 3.05. The van der Waals surface area contributed by atoms with Gasteiger partial charge in [-0.15, -0.1) is 0 Å². The zero-order valence-electron chi connectivity index (χ0n) is 15.0. The number of piperazine rings is 1. The average molecular weight is 434 g/mol. The van der Waals surface area contributed by atoms with Crippen molar-refractivity contribution in [3.8, 4) is 0 Å². The van der Waals surface area contributed by atoms with E-state index in [2.05, 4.69) is 26.1 Å². The molecule has 0 radical (unpaired) electrons. The maximum absolute atomic E-state index is 13.8. The van der Waals surface area contributed by atoms with E-state index >= 15 is 0 Å². The Hall–Kier alpha value is -2.25. The van der Waals surface area contributed by atoms with Crippen LogP contribution in [0, 0.1) is 5.82 Å². The molecule has 1 saturated heterocycles. The number of nitrogens with one attached hydrogen (secondary N) is 1. The second kappa shape index (κ2) is 8.63. The van der Waals surface area contributed by atoms with Crippen LogP contribution in [0.3, 0.4) is 0 Å². The van der Waals surface area contributed by atoms with Crippen molar-refractivity contribution >= 4 is 39.0 Å². The lowest BCUT2D eigenvalue weighted by molar-refractivity contribution is -0.117. The van der Waals surface area contributed by atoms with Crippen LogP contribution in [0.15, 0.2) is 46.9 Å². The van der Waals surface area contributed by atoms with Crippen LogP contribution in [0.5, 0.6) is 0 Å². The second-order valence-corrected chi connectivity index (χ2v) is 7.45. The maximum atomic E-state index is 13.8. The first-order chi connectivity index (χ1) is 12.9. The lowest BCUT2D eigenvalue weighted by Crippen LogP contribution is -2.48. The molecule has 0 saturated carbocycles. The normalized spacial score (nSPS) is 14.9. The third kappa shape index (κ3) is 5.14. The Kier molecular flexibility index (Phi) is 6.23. The number of anilines is 2. The lowest BCUT2D eigenvalue weighted by Gasteiger charge is -2.35. The van der Waals surface area contributed by atoms with Crippen molar-refractivity contribution in [3.05, 3.63) is 58.3 Å². The maximum Gasteiger partial charge on any atom is 0.238 e. The van der Waals surface area contributed by atoms with E-state index in [1.165, 1.54) is 6.07 Å². The molecule has 3 rings (SSSR count). The number of hydrogen-bond acceptors (Lipinski definition) is 4. The predicted molar refractivity (Wildman–Crippen MR) is 108 cm³/mol. The number of ketones is 1. The van der Waals surface area contributed by atoms with E-state index in [9.17, 15) is 14.0 Å². The Balaban J connectivity index is 1.50. The molecule has 7 heteroatoms. The quantitative estimate of drug-likeness (QED) is 0.732. The highest BCUT2D eigenvalue weighted by molar-refractivity contribution is 9.10. The van der Waals surface area contributed by atoms with Crippen LogP contribution in [0.25, 0.3) is 0 Å². The summed E-state index contributed by atoms with van der Waals surface area (Å²) in [6, 6.07) is 12.1. The summed E-state index contributed by atoms with van der Waals surface area (Å²) in [7, 11) is 0. The van der Waals surface area contributed by atoms with Gasteiger partial charge in [0.05, 0.1) is 12.2 Å². The van der Waals surface area contributed by atoms with E-state index in [1.54, 1.807) is 19.1 Å². The first-order valence-corrected chi connectivity index (χ1v) is 9.55. The zero-order chi connectivity index (χ0) is 19.4. The number of carbonyl (C=O) groups excluding carboxylic acids is 2. The highest BCUT2D eigenvalue weighted by Crippen LogP contribution is 2.20. The highest BCUT2D eigenvalue weighted by atomic mass is 79.9. The molecule has 2 aromatic carbocycles. The molecule has 1 fully saturated rings. The highest BCUT2D eigenvalue weighted by Gasteiger charge is 2.20. The van der Waals surface area contributed by atoms with Gasteiger partial charge in [0.1, 0.15) is 5.82 Å². The summed E-state index contributed by atoms with van der Waals surface area (Å²) in [6.45, 7) is 4.85. The van der Waals surface area contributed by atoms with E-state index in [4.69, 9.17) is 0 Å². The van der Waals surface area contributed by atoms with Crippen molar-refractivity contribution in [2.24, 2.45) is 0 Å². The van der Waals surface area contributed by atoms with Crippen LogP contribution in [-0.2, 0) is 4.79 Å². The minimum absolute atomic E-state index is 0.0552. The van der Waals surface area contributed by atoms with Crippen molar-refractivity contribution in [3.63, 3.8) is 0 Å². The number of halogens is 2. The minimum Gasteiger partial charge on any atom is -0.369 e. The topological polar surface area (TPSA) is 52.7 Å². The Morgan fingerprint density at radius 3 is 2.33 bits per heavy atom. The van der Waals surface area contributed by atoms with Gasteiger partial charge in [-0.3, -0.25) is 14.5 Å². The van der Waals surface area contributed by atoms with Crippen molar-refractivity contribution in [1.29, 1.82) is 0 Å². The monoisotopic (exact) mass is 433 g/mol. The molecule has 1 N–H and O–H groups in total. The van der Waals surface area contributed by atoms with Crippen molar-refractivity contribution in [2.45, 2.75) is 6.92 Å².